The third-order valence-corrected chi connectivity index (χ3v) is 9.34. The van der Waals surface area contributed by atoms with E-state index in [1.165, 1.54) is 11.8 Å². The van der Waals surface area contributed by atoms with E-state index in [1.807, 2.05) is 37.3 Å². The van der Waals surface area contributed by atoms with Crippen LogP contribution in [0.25, 0.3) is 10.9 Å². The Balaban J connectivity index is 1.19. The lowest BCUT2D eigenvalue weighted by molar-refractivity contribution is -0.121. The molecule has 3 heterocycles. The normalized spacial score (nSPS) is 12.5. The van der Waals surface area contributed by atoms with Gasteiger partial charge < -0.3 is 29.6 Å². The summed E-state index contributed by atoms with van der Waals surface area (Å²) in [5, 5.41) is 6.38. The number of methoxy groups -OCH3 is 2. The number of unbranched alkanes of at least 4 members (excludes halogenated alkanes) is 2. The van der Waals surface area contributed by atoms with Gasteiger partial charge in [-0.15, -0.1) is 0 Å². The maximum Gasteiger partial charge on any atom is 0.262 e. The van der Waals surface area contributed by atoms with Gasteiger partial charge in [0.25, 0.3) is 5.56 Å². The van der Waals surface area contributed by atoms with Crippen LogP contribution in [0.2, 0.25) is 0 Å². The van der Waals surface area contributed by atoms with Crippen molar-refractivity contribution >= 4 is 34.5 Å². The first-order valence-electron chi connectivity index (χ1n) is 16.0. The number of aromatic nitrogens is 3. The number of amides is 2. The van der Waals surface area contributed by atoms with Crippen LogP contribution in [0.3, 0.4) is 0 Å². The molecule has 1 aliphatic rings. The van der Waals surface area contributed by atoms with Crippen molar-refractivity contribution in [2.75, 3.05) is 27.6 Å². The SMILES string of the molecule is CCC(Sc1nc2cc3c(cc2c(=O)n1CCCCCC(=O)NCCc1ccc(OC)c(OC)c1)OCO3)C(=O)NCc1cccnc1. The maximum absolute atomic E-state index is 13.8. The quantitative estimate of drug-likeness (QED) is 0.0923. The number of pyridine rings is 1. The Hall–Kier alpha value is -4.78. The smallest absolute Gasteiger partial charge is 0.262 e. The van der Waals surface area contributed by atoms with E-state index in [2.05, 4.69) is 15.6 Å². The third-order valence-electron chi connectivity index (χ3n) is 7.98. The molecule has 5 rings (SSSR count). The van der Waals surface area contributed by atoms with Gasteiger partial charge in [0.1, 0.15) is 0 Å². The zero-order chi connectivity index (χ0) is 33.9. The fourth-order valence-electron chi connectivity index (χ4n) is 5.34. The summed E-state index contributed by atoms with van der Waals surface area (Å²) in [4.78, 5) is 48.4. The summed E-state index contributed by atoms with van der Waals surface area (Å²) in [5.41, 5.74) is 2.21. The number of nitrogens with zero attached hydrogens (tertiary/aromatic N) is 3. The summed E-state index contributed by atoms with van der Waals surface area (Å²) in [7, 11) is 3.19. The molecule has 48 heavy (non-hydrogen) atoms. The van der Waals surface area contributed by atoms with Crippen LogP contribution in [0.4, 0.5) is 0 Å². The summed E-state index contributed by atoms with van der Waals surface area (Å²) >= 11 is 1.27. The van der Waals surface area contributed by atoms with E-state index < -0.39 is 5.25 Å². The zero-order valence-electron chi connectivity index (χ0n) is 27.5. The highest BCUT2D eigenvalue weighted by Crippen LogP contribution is 2.35. The van der Waals surface area contributed by atoms with Gasteiger partial charge >= 0.3 is 0 Å². The van der Waals surface area contributed by atoms with E-state index in [0.717, 1.165) is 17.5 Å². The van der Waals surface area contributed by atoms with Crippen LogP contribution in [0.15, 0.2) is 64.8 Å². The maximum atomic E-state index is 13.8. The van der Waals surface area contributed by atoms with Crippen molar-refractivity contribution in [3.05, 3.63) is 76.3 Å². The van der Waals surface area contributed by atoms with Gasteiger partial charge in [-0.25, -0.2) is 4.98 Å². The summed E-state index contributed by atoms with van der Waals surface area (Å²) in [6.07, 6.45) is 7.07. The van der Waals surface area contributed by atoms with Crippen molar-refractivity contribution in [1.82, 2.24) is 25.2 Å². The molecule has 1 unspecified atom stereocenters. The molecule has 2 N–H and O–H groups in total. The third kappa shape index (κ3) is 8.77. The standard InChI is InChI=1S/C35H41N5O7S/c1-4-31(33(42)38-21-24-9-8-14-36-20-24)48-35-39-26-19-30-29(46-22-47-30)18-25(26)34(43)40(35)16-7-5-6-10-32(41)37-15-13-23-11-12-27(44-2)28(17-23)45-3/h8-9,11-12,14,17-20,31H,4-7,10,13,15-16,21-22H2,1-3H3,(H,37,41)(H,38,42). The highest BCUT2D eigenvalue weighted by molar-refractivity contribution is 8.00. The van der Waals surface area contributed by atoms with E-state index in [-0.39, 0.29) is 24.2 Å². The number of nitrogens with one attached hydrogen (secondary N) is 2. The van der Waals surface area contributed by atoms with Crippen LogP contribution < -0.4 is 35.1 Å². The Morgan fingerprint density at radius 3 is 2.56 bits per heavy atom. The lowest BCUT2D eigenvalue weighted by atomic mass is 10.1. The molecule has 0 bridgehead atoms. The predicted octanol–water partition coefficient (Wildman–Crippen LogP) is 4.64. The number of ether oxygens (including phenoxy) is 4. The monoisotopic (exact) mass is 675 g/mol. The molecule has 2 amide bonds. The van der Waals surface area contributed by atoms with Gasteiger partial charge in [0, 0.05) is 44.5 Å². The molecule has 254 valence electrons. The number of fused-ring (bicyclic) bond motifs is 2. The molecule has 1 aliphatic heterocycles. The molecule has 2 aromatic carbocycles. The number of carbonyl (C=O) groups is 2. The Morgan fingerprint density at radius 2 is 1.81 bits per heavy atom. The minimum absolute atomic E-state index is 0.0181. The second-order valence-corrected chi connectivity index (χ2v) is 12.4. The topological polar surface area (TPSA) is 143 Å². The number of benzene rings is 2. The van der Waals surface area contributed by atoms with Gasteiger partial charge in [-0.1, -0.05) is 37.2 Å². The summed E-state index contributed by atoms with van der Waals surface area (Å²) < 4.78 is 23.3. The van der Waals surface area contributed by atoms with Gasteiger partial charge in [0.15, 0.2) is 28.2 Å². The second-order valence-electron chi connectivity index (χ2n) is 11.3. The minimum Gasteiger partial charge on any atom is -0.493 e. The van der Waals surface area contributed by atoms with Crippen LogP contribution >= 0.6 is 11.8 Å². The van der Waals surface area contributed by atoms with Crippen molar-refractivity contribution in [3.8, 4) is 23.0 Å². The molecule has 12 nitrogen and oxygen atoms in total. The molecular formula is C35H41N5O7S. The number of hydrogen-bond acceptors (Lipinski definition) is 10. The average Bonchev–Trinajstić information content (AvgIpc) is 3.57. The Morgan fingerprint density at radius 1 is 1.00 bits per heavy atom. The van der Waals surface area contributed by atoms with Gasteiger partial charge in [-0.2, -0.15) is 0 Å². The van der Waals surface area contributed by atoms with Crippen LogP contribution in [0.1, 0.15) is 50.2 Å². The molecule has 0 spiro atoms. The summed E-state index contributed by atoms with van der Waals surface area (Å²) in [6, 6.07) is 12.8. The molecule has 2 aromatic heterocycles. The van der Waals surface area contributed by atoms with E-state index in [1.54, 1.807) is 43.3 Å². The lowest BCUT2D eigenvalue weighted by Gasteiger charge is -2.18. The Kier molecular flexibility index (Phi) is 12.1. The number of rotatable bonds is 17. The number of thioether (sulfide) groups is 1. The van der Waals surface area contributed by atoms with Crippen LogP contribution in [-0.4, -0.2) is 59.2 Å². The fraction of sp³-hybridized carbons (Fsp3) is 0.400. The van der Waals surface area contributed by atoms with E-state index in [4.69, 9.17) is 23.9 Å². The van der Waals surface area contributed by atoms with Crippen LogP contribution in [0, 0.1) is 0 Å². The molecule has 0 radical (unpaired) electrons. The van der Waals surface area contributed by atoms with Gasteiger partial charge in [-0.05, 0) is 61.1 Å². The zero-order valence-corrected chi connectivity index (χ0v) is 28.3. The van der Waals surface area contributed by atoms with Gasteiger partial charge in [0.05, 0.1) is 30.4 Å². The fourth-order valence-corrected chi connectivity index (χ4v) is 6.40. The lowest BCUT2D eigenvalue weighted by Crippen LogP contribution is -2.33. The molecule has 13 heteroatoms. The Bertz CT molecular complexity index is 1780. The van der Waals surface area contributed by atoms with Crippen molar-refractivity contribution in [1.29, 1.82) is 0 Å². The van der Waals surface area contributed by atoms with E-state index in [9.17, 15) is 14.4 Å². The molecule has 1 atom stereocenters. The van der Waals surface area contributed by atoms with Crippen LogP contribution in [0.5, 0.6) is 23.0 Å². The highest BCUT2D eigenvalue weighted by atomic mass is 32.2. The van der Waals surface area contributed by atoms with E-state index in [0.29, 0.717) is 90.8 Å². The molecule has 0 aliphatic carbocycles. The second kappa shape index (κ2) is 16.9. The average molecular weight is 676 g/mol. The number of carbonyl (C=O) groups excluding carboxylic acids is 2. The van der Waals surface area contributed by atoms with Crippen molar-refractivity contribution in [2.45, 2.75) is 68.9 Å². The Labute approximate surface area is 283 Å². The molecule has 0 saturated carbocycles. The van der Waals surface area contributed by atoms with Gasteiger partial charge in [-0.3, -0.25) is 23.9 Å². The van der Waals surface area contributed by atoms with Gasteiger partial charge in [0.2, 0.25) is 18.6 Å². The first kappa shape index (κ1) is 34.6. The van der Waals surface area contributed by atoms with Crippen molar-refractivity contribution in [2.24, 2.45) is 0 Å². The van der Waals surface area contributed by atoms with E-state index >= 15 is 0 Å². The van der Waals surface area contributed by atoms with Crippen molar-refractivity contribution < 1.29 is 28.5 Å². The minimum atomic E-state index is -0.464. The number of hydrogen-bond donors (Lipinski definition) is 2. The van der Waals surface area contributed by atoms with Crippen molar-refractivity contribution in [3.63, 3.8) is 0 Å². The first-order chi connectivity index (χ1) is 23.4. The molecule has 4 aromatic rings. The molecular weight excluding hydrogens is 634 g/mol. The first-order valence-corrected chi connectivity index (χ1v) is 16.9. The molecule has 0 saturated heterocycles. The molecule has 0 fully saturated rings. The largest absolute Gasteiger partial charge is 0.493 e. The summed E-state index contributed by atoms with van der Waals surface area (Å²) in [5.74, 6) is 2.20. The van der Waals surface area contributed by atoms with Crippen LogP contribution in [-0.2, 0) is 29.1 Å². The highest BCUT2D eigenvalue weighted by Gasteiger charge is 2.24. The predicted molar refractivity (Wildman–Crippen MR) is 183 cm³/mol. The summed E-state index contributed by atoms with van der Waals surface area (Å²) in [6.45, 7) is 3.28.